The van der Waals surface area contributed by atoms with Crippen molar-refractivity contribution in [3.05, 3.63) is 52.2 Å². The fourth-order valence-electron chi connectivity index (χ4n) is 2.24. The number of rotatable bonds is 7. The third-order valence-electron chi connectivity index (χ3n) is 3.56. The van der Waals surface area contributed by atoms with Crippen LogP contribution < -0.4 is 10.2 Å². The maximum absolute atomic E-state index is 12.0. The highest BCUT2D eigenvalue weighted by Gasteiger charge is 2.14. The minimum atomic E-state index is -0.661. The van der Waals surface area contributed by atoms with Gasteiger partial charge in [0, 0.05) is 18.8 Å². The van der Waals surface area contributed by atoms with E-state index >= 15 is 0 Å². The summed E-state index contributed by atoms with van der Waals surface area (Å²) in [5, 5.41) is 3.91. The average molecular weight is 360 g/mol. The van der Waals surface area contributed by atoms with E-state index in [-0.39, 0.29) is 0 Å². The fourth-order valence-corrected chi connectivity index (χ4v) is 2.86. The van der Waals surface area contributed by atoms with Crippen molar-refractivity contribution in [3.63, 3.8) is 0 Å². The lowest BCUT2D eigenvalue weighted by Gasteiger charge is -2.20. The number of carbonyl (C=O) groups excluding carboxylic acids is 3. The van der Waals surface area contributed by atoms with Gasteiger partial charge in [0.2, 0.25) is 0 Å². The summed E-state index contributed by atoms with van der Waals surface area (Å²) in [6, 6.07) is 10.3. The molecule has 2 amide bonds. The minimum Gasteiger partial charge on any atom is -0.452 e. The van der Waals surface area contributed by atoms with E-state index in [9.17, 15) is 14.4 Å². The first-order chi connectivity index (χ1) is 12.0. The first kappa shape index (κ1) is 18.7. The molecule has 7 heteroatoms. The molecule has 6 nitrogen and oxygen atoms in total. The molecule has 0 fully saturated rings. The van der Waals surface area contributed by atoms with E-state index in [0.717, 1.165) is 18.8 Å². The third kappa shape index (κ3) is 5.15. The summed E-state index contributed by atoms with van der Waals surface area (Å²) in [6.45, 7) is 5.36. The number of esters is 1. The van der Waals surface area contributed by atoms with Gasteiger partial charge in [-0.15, -0.1) is 11.3 Å². The Morgan fingerprint density at radius 3 is 2.32 bits per heavy atom. The van der Waals surface area contributed by atoms with E-state index in [0.29, 0.717) is 10.4 Å². The Labute approximate surface area is 150 Å². The molecule has 0 aliphatic carbocycles. The molecule has 0 radical (unpaired) electrons. The van der Waals surface area contributed by atoms with Crippen LogP contribution in [0.15, 0.2) is 41.8 Å². The molecule has 0 aliphatic heterocycles. The Morgan fingerprint density at radius 1 is 1.08 bits per heavy atom. The topological polar surface area (TPSA) is 75.7 Å². The number of nitrogens with zero attached hydrogens (tertiary/aromatic N) is 1. The zero-order valence-corrected chi connectivity index (χ0v) is 15.0. The number of imide groups is 1. The summed E-state index contributed by atoms with van der Waals surface area (Å²) >= 11 is 1.23. The first-order valence-corrected chi connectivity index (χ1v) is 8.83. The Kier molecular flexibility index (Phi) is 6.71. The van der Waals surface area contributed by atoms with Gasteiger partial charge < -0.3 is 9.64 Å². The van der Waals surface area contributed by atoms with Crippen LogP contribution in [-0.4, -0.2) is 37.5 Å². The SMILES string of the molecule is CCN(CC)c1ccc(C(=O)OCC(=O)NC(=O)c2cccs2)cc1. The number of amides is 2. The van der Waals surface area contributed by atoms with E-state index in [1.54, 1.807) is 29.6 Å². The summed E-state index contributed by atoms with van der Waals surface area (Å²) in [4.78, 5) is 38.0. The van der Waals surface area contributed by atoms with Crippen molar-refractivity contribution >= 4 is 34.8 Å². The average Bonchev–Trinajstić information content (AvgIpc) is 3.16. The molecule has 2 aromatic rings. The van der Waals surface area contributed by atoms with E-state index < -0.39 is 24.4 Å². The lowest BCUT2D eigenvalue weighted by molar-refractivity contribution is -0.123. The van der Waals surface area contributed by atoms with Crippen LogP contribution in [0.3, 0.4) is 0 Å². The largest absolute Gasteiger partial charge is 0.452 e. The lowest BCUT2D eigenvalue weighted by Crippen LogP contribution is -2.33. The van der Waals surface area contributed by atoms with Gasteiger partial charge in [-0.2, -0.15) is 0 Å². The molecule has 1 aromatic heterocycles. The van der Waals surface area contributed by atoms with Gasteiger partial charge in [0.25, 0.3) is 11.8 Å². The van der Waals surface area contributed by atoms with Gasteiger partial charge in [0.05, 0.1) is 10.4 Å². The van der Waals surface area contributed by atoms with Crippen LogP contribution in [-0.2, 0) is 9.53 Å². The van der Waals surface area contributed by atoms with Crippen LogP contribution >= 0.6 is 11.3 Å². The highest BCUT2D eigenvalue weighted by Crippen LogP contribution is 2.15. The first-order valence-electron chi connectivity index (χ1n) is 7.95. The Hall–Kier alpha value is -2.67. The zero-order valence-electron chi connectivity index (χ0n) is 14.2. The highest BCUT2D eigenvalue weighted by atomic mass is 32.1. The van der Waals surface area contributed by atoms with Crippen LogP contribution in [0.25, 0.3) is 0 Å². The van der Waals surface area contributed by atoms with Crippen LogP contribution in [0.5, 0.6) is 0 Å². The van der Waals surface area contributed by atoms with Crippen LogP contribution in [0.1, 0.15) is 33.9 Å². The molecule has 0 saturated heterocycles. The minimum absolute atomic E-state index is 0.355. The molecule has 0 aliphatic rings. The molecule has 1 aromatic carbocycles. The molecule has 1 heterocycles. The number of ether oxygens (including phenoxy) is 1. The molecule has 0 spiro atoms. The number of nitrogens with one attached hydrogen (secondary N) is 1. The predicted molar refractivity (Wildman–Crippen MR) is 97.1 cm³/mol. The summed E-state index contributed by atoms with van der Waals surface area (Å²) in [6.07, 6.45) is 0. The summed E-state index contributed by atoms with van der Waals surface area (Å²) in [7, 11) is 0. The van der Waals surface area contributed by atoms with Gasteiger partial charge >= 0.3 is 5.97 Å². The van der Waals surface area contributed by atoms with Gasteiger partial charge in [0.1, 0.15) is 0 Å². The maximum Gasteiger partial charge on any atom is 0.338 e. The molecule has 25 heavy (non-hydrogen) atoms. The van der Waals surface area contributed by atoms with Gasteiger partial charge in [-0.1, -0.05) is 6.07 Å². The van der Waals surface area contributed by atoms with Gasteiger partial charge in [-0.05, 0) is 49.6 Å². The molecule has 0 unspecified atom stereocenters. The van der Waals surface area contributed by atoms with E-state index in [1.807, 2.05) is 12.1 Å². The molecular formula is C18H20N2O4S. The Balaban J connectivity index is 1.85. The van der Waals surface area contributed by atoms with Gasteiger partial charge in [-0.3, -0.25) is 14.9 Å². The quantitative estimate of drug-likeness (QED) is 0.769. The van der Waals surface area contributed by atoms with Crippen molar-refractivity contribution in [2.45, 2.75) is 13.8 Å². The number of hydrogen-bond acceptors (Lipinski definition) is 6. The molecule has 2 rings (SSSR count). The smallest absolute Gasteiger partial charge is 0.338 e. The Morgan fingerprint density at radius 2 is 1.76 bits per heavy atom. The second kappa shape index (κ2) is 8.98. The zero-order chi connectivity index (χ0) is 18.2. The maximum atomic E-state index is 12.0. The van der Waals surface area contributed by atoms with Crippen molar-refractivity contribution in [2.75, 3.05) is 24.6 Å². The van der Waals surface area contributed by atoms with E-state index in [2.05, 4.69) is 24.1 Å². The molecule has 0 atom stereocenters. The number of carbonyl (C=O) groups is 3. The predicted octanol–water partition coefficient (Wildman–Crippen LogP) is 2.71. The number of anilines is 1. The van der Waals surface area contributed by atoms with Crippen LogP contribution in [0, 0.1) is 0 Å². The monoisotopic (exact) mass is 360 g/mol. The highest BCUT2D eigenvalue weighted by molar-refractivity contribution is 7.12. The summed E-state index contributed by atoms with van der Waals surface area (Å²) in [5.41, 5.74) is 1.37. The van der Waals surface area contributed by atoms with Crippen molar-refractivity contribution in [2.24, 2.45) is 0 Å². The molecule has 0 bridgehead atoms. The van der Waals surface area contributed by atoms with E-state index in [1.165, 1.54) is 11.3 Å². The second-order valence-electron chi connectivity index (χ2n) is 5.15. The van der Waals surface area contributed by atoms with Crippen molar-refractivity contribution in [1.29, 1.82) is 0 Å². The van der Waals surface area contributed by atoms with Crippen molar-refractivity contribution in [1.82, 2.24) is 5.32 Å². The third-order valence-corrected chi connectivity index (χ3v) is 4.43. The molecule has 0 saturated carbocycles. The number of benzene rings is 1. The van der Waals surface area contributed by atoms with Gasteiger partial charge in [0.15, 0.2) is 6.61 Å². The van der Waals surface area contributed by atoms with Crippen LogP contribution in [0.2, 0.25) is 0 Å². The van der Waals surface area contributed by atoms with Crippen molar-refractivity contribution in [3.8, 4) is 0 Å². The van der Waals surface area contributed by atoms with Crippen LogP contribution in [0.4, 0.5) is 5.69 Å². The lowest BCUT2D eigenvalue weighted by atomic mass is 10.2. The Bertz CT molecular complexity index is 722. The number of hydrogen-bond donors (Lipinski definition) is 1. The molecule has 132 valence electrons. The molecule has 1 N–H and O–H groups in total. The normalized spacial score (nSPS) is 10.2. The summed E-state index contributed by atoms with van der Waals surface area (Å²) in [5.74, 6) is -1.77. The number of thiophene rings is 1. The molecular weight excluding hydrogens is 340 g/mol. The van der Waals surface area contributed by atoms with Crippen molar-refractivity contribution < 1.29 is 19.1 Å². The summed E-state index contributed by atoms with van der Waals surface area (Å²) < 4.78 is 4.95. The fraction of sp³-hybridized carbons (Fsp3) is 0.278. The van der Waals surface area contributed by atoms with E-state index in [4.69, 9.17) is 4.74 Å². The second-order valence-corrected chi connectivity index (χ2v) is 6.10. The standard InChI is InChI=1S/C18H20N2O4S/c1-3-20(4-2)14-9-7-13(8-10-14)18(23)24-12-16(21)19-17(22)15-6-5-11-25-15/h5-11H,3-4,12H2,1-2H3,(H,19,21,22). The van der Waals surface area contributed by atoms with Gasteiger partial charge in [-0.25, -0.2) is 4.79 Å².